The monoisotopic (exact) mass is 270 g/mol. The van der Waals surface area contributed by atoms with Gasteiger partial charge in [-0.15, -0.1) is 0 Å². The van der Waals surface area contributed by atoms with Gasteiger partial charge in [-0.05, 0) is 0 Å². The molecule has 0 saturated heterocycles. The maximum atomic E-state index is 5.85. The zero-order valence-electron chi connectivity index (χ0n) is 11.0. The maximum absolute atomic E-state index is 5.85. The first-order valence-electron chi connectivity index (χ1n) is 5.99. The van der Waals surface area contributed by atoms with Crippen LogP contribution < -0.4 is 16.2 Å². The quantitative estimate of drug-likeness (QED) is 0.476. The molecule has 0 radical (unpaired) electrons. The molecular formula is C12H22N2O3Si. The van der Waals surface area contributed by atoms with Crippen LogP contribution in [0.15, 0.2) is 30.3 Å². The third-order valence-corrected chi connectivity index (χ3v) is 5.26. The standard InChI is InChI=1S/C12H22N2O3Si/c1-15-18(16-2,12-6-4-3-5-7-12)17-11-10-14-9-8-13/h3-7,14H,8-11,13H2,1-2H3. The largest absolute Gasteiger partial charge is 0.536 e. The molecule has 0 bridgehead atoms. The first-order chi connectivity index (χ1) is 8.79. The normalized spacial score (nSPS) is 11.7. The smallest absolute Gasteiger partial charge is 0.373 e. The van der Waals surface area contributed by atoms with Crippen LogP contribution in [0, 0.1) is 0 Å². The molecule has 0 aliphatic heterocycles. The van der Waals surface area contributed by atoms with E-state index >= 15 is 0 Å². The average Bonchev–Trinajstić information content (AvgIpc) is 2.44. The Kier molecular flexibility index (Phi) is 7.10. The summed E-state index contributed by atoms with van der Waals surface area (Å²) in [7, 11) is 0.491. The molecule has 0 fully saturated rings. The molecule has 0 saturated carbocycles. The molecule has 0 atom stereocenters. The number of rotatable bonds is 9. The van der Waals surface area contributed by atoms with E-state index in [1.807, 2.05) is 30.3 Å². The van der Waals surface area contributed by atoms with Crippen LogP contribution in [-0.2, 0) is 13.3 Å². The van der Waals surface area contributed by atoms with Gasteiger partial charge in [0.2, 0.25) is 0 Å². The molecule has 102 valence electrons. The van der Waals surface area contributed by atoms with E-state index < -0.39 is 8.80 Å². The molecule has 0 amide bonds. The van der Waals surface area contributed by atoms with Gasteiger partial charge in [0.1, 0.15) is 0 Å². The Morgan fingerprint density at radius 2 is 1.78 bits per heavy atom. The van der Waals surface area contributed by atoms with Crippen molar-refractivity contribution in [2.24, 2.45) is 5.73 Å². The summed E-state index contributed by atoms with van der Waals surface area (Å²) in [5.41, 5.74) is 5.40. The van der Waals surface area contributed by atoms with E-state index in [4.69, 9.17) is 19.0 Å². The van der Waals surface area contributed by atoms with Crippen LogP contribution in [0.1, 0.15) is 0 Å². The molecule has 1 aromatic carbocycles. The van der Waals surface area contributed by atoms with Crippen LogP contribution in [0.2, 0.25) is 0 Å². The summed E-state index contributed by atoms with van der Waals surface area (Å²) >= 11 is 0. The predicted molar refractivity (Wildman–Crippen MR) is 73.7 cm³/mol. The highest BCUT2D eigenvalue weighted by Gasteiger charge is 2.41. The van der Waals surface area contributed by atoms with Gasteiger partial charge in [0.25, 0.3) is 0 Å². The lowest BCUT2D eigenvalue weighted by molar-refractivity contribution is 0.114. The second-order valence-corrected chi connectivity index (χ2v) is 6.51. The molecule has 6 heteroatoms. The van der Waals surface area contributed by atoms with Crippen LogP contribution in [0.25, 0.3) is 0 Å². The van der Waals surface area contributed by atoms with Crippen molar-refractivity contribution in [2.75, 3.05) is 40.5 Å². The Balaban J connectivity index is 2.58. The number of nitrogens with one attached hydrogen (secondary N) is 1. The number of hydrogen-bond acceptors (Lipinski definition) is 5. The second kappa shape index (κ2) is 8.36. The first kappa shape index (κ1) is 15.3. The minimum atomic E-state index is -2.75. The number of hydrogen-bond donors (Lipinski definition) is 2. The van der Waals surface area contributed by atoms with Crippen molar-refractivity contribution >= 4 is 14.0 Å². The van der Waals surface area contributed by atoms with Crippen LogP contribution >= 0.6 is 0 Å². The second-order valence-electron chi connectivity index (χ2n) is 3.72. The van der Waals surface area contributed by atoms with Gasteiger partial charge in [-0.3, -0.25) is 0 Å². The Morgan fingerprint density at radius 3 is 2.33 bits per heavy atom. The van der Waals surface area contributed by atoms with Crippen molar-refractivity contribution in [1.82, 2.24) is 5.32 Å². The van der Waals surface area contributed by atoms with Gasteiger partial charge >= 0.3 is 8.80 Å². The summed E-state index contributed by atoms with van der Waals surface area (Å²) in [6, 6.07) is 9.78. The average molecular weight is 270 g/mol. The zero-order valence-corrected chi connectivity index (χ0v) is 12.0. The highest BCUT2D eigenvalue weighted by Crippen LogP contribution is 2.07. The van der Waals surface area contributed by atoms with Gasteiger partial charge in [-0.2, -0.15) is 0 Å². The molecule has 1 aromatic rings. The van der Waals surface area contributed by atoms with Crippen LogP contribution in [0.3, 0.4) is 0 Å². The molecule has 0 unspecified atom stereocenters. The highest BCUT2D eigenvalue weighted by atomic mass is 28.4. The van der Waals surface area contributed by atoms with E-state index in [0.717, 1.165) is 18.3 Å². The van der Waals surface area contributed by atoms with Crippen molar-refractivity contribution in [3.05, 3.63) is 30.3 Å². The molecule has 1 rings (SSSR count). The predicted octanol–water partition coefficient (Wildman–Crippen LogP) is -0.310. The van der Waals surface area contributed by atoms with E-state index in [-0.39, 0.29) is 0 Å². The third-order valence-electron chi connectivity index (χ3n) is 2.56. The van der Waals surface area contributed by atoms with Gasteiger partial charge in [-0.25, -0.2) is 0 Å². The van der Waals surface area contributed by atoms with Crippen molar-refractivity contribution in [1.29, 1.82) is 0 Å². The molecule has 0 heterocycles. The summed E-state index contributed by atoms with van der Waals surface area (Å²) in [4.78, 5) is 0. The van der Waals surface area contributed by atoms with Crippen LogP contribution in [0.4, 0.5) is 0 Å². The minimum Gasteiger partial charge on any atom is -0.373 e. The maximum Gasteiger partial charge on any atom is 0.536 e. The van der Waals surface area contributed by atoms with E-state index in [2.05, 4.69) is 5.32 Å². The SMILES string of the molecule is CO[Si](OC)(OCCNCCN)c1ccccc1. The summed E-state index contributed by atoms with van der Waals surface area (Å²) < 4.78 is 16.9. The minimum absolute atomic E-state index is 0.531. The number of benzene rings is 1. The third kappa shape index (κ3) is 4.16. The Morgan fingerprint density at radius 1 is 1.11 bits per heavy atom. The lowest BCUT2D eigenvalue weighted by atomic mass is 10.4. The van der Waals surface area contributed by atoms with Gasteiger partial charge in [0.15, 0.2) is 0 Å². The molecule has 0 aliphatic rings. The van der Waals surface area contributed by atoms with Gasteiger partial charge in [0, 0.05) is 39.0 Å². The van der Waals surface area contributed by atoms with Gasteiger partial charge in [0.05, 0.1) is 6.61 Å². The topological polar surface area (TPSA) is 65.7 Å². The molecular weight excluding hydrogens is 248 g/mol. The van der Waals surface area contributed by atoms with Crippen molar-refractivity contribution in [2.45, 2.75) is 0 Å². The highest BCUT2D eigenvalue weighted by molar-refractivity contribution is 6.75. The Bertz CT molecular complexity index is 320. The Hall–Kier alpha value is -0.763. The van der Waals surface area contributed by atoms with E-state index in [1.54, 1.807) is 14.2 Å². The first-order valence-corrected chi connectivity index (χ1v) is 7.72. The lowest BCUT2D eigenvalue weighted by Crippen LogP contribution is -2.56. The fraction of sp³-hybridized carbons (Fsp3) is 0.500. The van der Waals surface area contributed by atoms with Crippen LogP contribution in [-0.4, -0.2) is 49.3 Å². The summed E-state index contributed by atoms with van der Waals surface area (Å²) in [5.74, 6) is 0. The van der Waals surface area contributed by atoms with Gasteiger partial charge < -0.3 is 24.3 Å². The van der Waals surface area contributed by atoms with Crippen molar-refractivity contribution in [3.63, 3.8) is 0 Å². The molecule has 0 aliphatic carbocycles. The number of nitrogens with two attached hydrogens (primary N) is 1. The molecule has 5 nitrogen and oxygen atoms in total. The van der Waals surface area contributed by atoms with E-state index in [9.17, 15) is 0 Å². The summed E-state index contributed by atoms with van der Waals surface area (Å²) in [6.45, 7) is 2.66. The lowest BCUT2D eigenvalue weighted by Gasteiger charge is -2.26. The van der Waals surface area contributed by atoms with Gasteiger partial charge in [-0.1, -0.05) is 30.3 Å². The molecule has 18 heavy (non-hydrogen) atoms. The van der Waals surface area contributed by atoms with Crippen molar-refractivity contribution < 1.29 is 13.3 Å². The van der Waals surface area contributed by atoms with E-state index in [1.165, 1.54) is 0 Å². The fourth-order valence-electron chi connectivity index (χ4n) is 1.65. The van der Waals surface area contributed by atoms with Crippen LogP contribution in [0.5, 0.6) is 0 Å². The van der Waals surface area contributed by atoms with E-state index in [0.29, 0.717) is 13.2 Å². The molecule has 0 aromatic heterocycles. The van der Waals surface area contributed by atoms with Crippen molar-refractivity contribution in [3.8, 4) is 0 Å². The zero-order chi connectivity index (χ0) is 13.3. The summed E-state index contributed by atoms with van der Waals surface area (Å²) in [6.07, 6.45) is 0. The molecule has 3 N–H and O–H groups in total. The summed E-state index contributed by atoms with van der Waals surface area (Å²) in [5, 5.41) is 4.13. The Labute approximate surface area is 110 Å². The molecule has 0 spiro atoms. The fourth-order valence-corrected chi connectivity index (χ4v) is 3.66.